The van der Waals surface area contributed by atoms with Gasteiger partial charge in [-0.2, -0.15) is 0 Å². The highest BCUT2D eigenvalue weighted by Crippen LogP contribution is 2.44. The van der Waals surface area contributed by atoms with Crippen LogP contribution in [0.5, 0.6) is 0 Å². The van der Waals surface area contributed by atoms with E-state index in [1.54, 1.807) is 19.2 Å². The average Bonchev–Trinajstić information content (AvgIpc) is 2.81. The predicted octanol–water partition coefficient (Wildman–Crippen LogP) is 3.07. The molecule has 4 nitrogen and oxygen atoms in total. The van der Waals surface area contributed by atoms with Crippen LogP contribution in [0.15, 0.2) is 24.3 Å². The molecule has 3 rings (SSSR count). The van der Waals surface area contributed by atoms with Gasteiger partial charge in [-0.15, -0.1) is 0 Å². The number of carbonyl (C=O) groups excluding carboxylic acids is 1. The van der Waals surface area contributed by atoms with E-state index < -0.39 is 0 Å². The summed E-state index contributed by atoms with van der Waals surface area (Å²) in [5.74, 6) is 0.416. The fraction of sp³-hybridized carbons (Fsp3) is 0.632. The van der Waals surface area contributed by atoms with Crippen molar-refractivity contribution in [2.24, 2.45) is 5.92 Å². The summed E-state index contributed by atoms with van der Waals surface area (Å²) >= 11 is 0. The normalized spacial score (nSPS) is 25.7. The minimum absolute atomic E-state index is 0.0330. The molecule has 132 valence electrons. The Morgan fingerprint density at radius 1 is 1.42 bits per heavy atom. The van der Waals surface area contributed by atoms with Gasteiger partial charge < -0.3 is 14.5 Å². The van der Waals surface area contributed by atoms with Crippen molar-refractivity contribution in [2.45, 2.75) is 44.7 Å². The van der Waals surface area contributed by atoms with Crippen LogP contribution in [0.2, 0.25) is 0 Å². The van der Waals surface area contributed by atoms with E-state index in [-0.39, 0.29) is 17.3 Å². The molecular formula is C19H27FN2O2. The zero-order valence-electron chi connectivity index (χ0n) is 14.8. The lowest BCUT2D eigenvalue weighted by atomic mass is 9.89. The van der Waals surface area contributed by atoms with E-state index in [1.165, 1.54) is 6.07 Å². The molecule has 0 N–H and O–H groups in total. The molecule has 1 aromatic carbocycles. The number of hydrogen-bond donors (Lipinski definition) is 0. The average molecular weight is 334 g/mol. The molecule has 2 aliphatic rings. The van der Waals surface area contributed by atoms with Gasteiger partial charge in [0.05, 0.1) is 13.0 Å². The maximum Gasteiger partial charge on any atom is 0.224 e. The first kappa shape index (κ1) is 17.2. The lowest BCUT2D eigenvalue weighted by Gasteiger charge is -2.42. The molecule has 1 amide bonds. The Morgan fingerprint density at radius 3 is 2.92 bits per heavy atom. The lowest BCUT2D eigenvalue weighted by Crippen LogP contribution is -2.50. The summed E-state index contributed by atoms with van der Waals surface area (Å²) in [6.45, 7) is 6.47. The number of benzene rings is 1. The van der Waals surface area contributed by atoms with Crippen molar-refractivity contribution in [3.8, 4) is 0 Å². The van der Waals surface area contributed by atoms with Gasteiger partial charge in [0.2, 0.25) is 5.91 Å². The minimum atomic E-state index is -0.195. The molecule has 0 spiro atoms. The van der Waals surface area contributed by atoms with Gasteiger partial charge in [0, 0.05) is 37.5 Å². The van der Waals surface area contributed by atoms with Gasteiger partial charge in [-0.3, -0.25) is 4.79 Å². The molecule has 0 aliphatic carbocycles. The number of fused-ring (bicyclic) bond motifs is 1. The van der Waals surface area contributed by atoms with E-state index >= 15 is 0 Å². The van der Waals surface area contributed by atoms with Gasteiger partial charge >= 0.3 is 0 Å². The zero-order chi connectivity index (χ0) is 17.3. The first-order valence-electron chi connectivity index (χ1n) is 8.74. The molecule has 1 aromatic rings. The van der Waals surface area contributed by atoms with Gasteiger partial charge in [0.15, 0.2) is 0 Å². The number of anilines is 1. The Bertz CT molecular complexity index is 605. The van der Waals surface area contributed by atoms with Crippen LogP contribution in [0.25, 0.3) is 0 Å². The topological polar surface area (TPSA) is 32.8 Å². The number of nitrogens with zero attached hydrogens (tertiary/aromatic N) is 2. The highest BCUT2D eigenvalue weighted by Gasteiger charge is 2.48. The molecule has 2 fully saturated rings. The Hall–Kier alpha value is -1.62. The zero-order valence-corrected chi connectivity index (χ0v) is 14.8. The lowest BCUT2D eigenvalue weighted by molar-refractivity contribution is -0.134. The second-order valence-corrected chi connectivity index (χ2v) is 7.57. The third-order valence-corrected chi connectivity index (χ3v) is 5.40. The summed E-state index contributed by atoms with van der Waals surface area (Å²) in [6.07, 6.45) is 2.40. The van der Waals surface area contributed by atoms with Crippen LogP contribution in [0.1, 0.15) is 33.1 Å². The second-order valence-electron chi connectivity index (χ2n) is 7.57. The number of likely N-dealkylation sites (tertiary alicyclic amines) is 1. The summed E-state index contributed by atoms with van der Waals surface area (Å²) in [6, 6.07) is 7.25. The largest absolute Gasteiger partial charge is 0.384 e. The van der Waals surface area contributed by atoms with Gasteiger partial charge in [-0.25, -0.2) is 4.39 Å². The number of hydrogen-bond acceptors (Lipinski definition) is 3. The summed E-state index contributed by atoms with van der Waals surface area (Å²) in [4.78, 5) is 16.6. The molecule has 0 aromatic heterocycles. The molecule has 2 atom stereocenters. The van der Waals surface area contributed by atoms with E-state index in [0.29, 0.717) is 25.0 Å². The maximum absolute atomic E-state index is 13.7. The Morgan fingerprint density at radius 2 is 2.21 bits per heavy atom. The third-order valence-electron chi connectivity index (χ3n) is 5.40. The number of piperidine rings is 1. The minimum Gasteiger partial charge on any atom is -0.384 e. The number of amides is 1. The first-order valence-corrected chi connectivity index (χ1v) is 8.74. The van der Waals surface area contributed by atoms with Crippen molar-refractivity contribution in [3.05, 3.63) is 30.1 Å². The van der Waals surface area contributed by atoms with E-state index in [4.69, 9.17) is 4.74 Å². The van der Waals surface area contributed by atoms with Crippen molar-refractivity contribution < 1.29 is 13.9 Å². The molecule has 5 heteroatoms. The Kier molecular flexibility index (Phi) is 4.81. The Balaban J connectivity index is 1.76. The SMILES string of the molecule is COCCC(=O)N1CC[C@H]2[C@@H](C1)CC(C)(C)N2c1cccc(F)c1. The monoisotopic (exact) mass is 334 g/mol. The van der Waals surface area contributed by atoms with Gasteiger partial charge in [-0.1, -0.05) is 6.07 Å². The fourth-order valence-corrected chi connectivity index (χ4v) is 4.49. The van der Waals surface area contributed by atoms with Crippen LogP contribution < -0.4 is 4.90 Å². The van der Waals surface area contributed by atoms with E-state index in [9.17, 15) is 9.18 Å². The van der Waals surface area contributed by atoms with Crippen molar-refractivity contribution in [3.63, 3.8) is 0 Å². The smallest absolute Gasteiger partial charge is 0.224 e. The van der Waals surface area contributed by atoms with Crippen molar-refractivity contribution in [1.29, 1.82) is 0 Å². The quantitative estimate of drug-likeness (QED) is 0.848. The molecular weight excluding hydrogens is 307 g/mol. The van der Waals surface area contributed by atoms with Crippen molar-refractivity contribution >= 4 is 11.6 Å². The first-order chi connectivity index (χ1) is 11.4. The molecule has 2 heterocycles. The molecule has 24 heavy (non-hydrogen) atoms. The van der Waals surface area contributed by atoms with Crippen molar-refractivity contribution in [1.82, 2.24) is 4.90 Å². The maximum atomic E-state index is 13.7. The van der Waals surface area contributed by atoms with Crippen LogP contribution in [0.3, 0.4) is 0 Å². The van der Waals surface area contributed by atoms with Crippen LogP contribution in [-0.4, -0.2) is 49.2 Å². The number of rotatable bonds is 4. The van der Waals surface area contributed by atoms with Crippen LogP contribution in [0.4, 0.5) is 10.1 Å². The number of methoxy groups -OCH3 is 1. The molecule has 2 aliphatic heterocycles. The standard InChI is InChI=1S/C19H27FN2O2/c1-19(2)12-14-13-21(18(23)8-10-24-3)9-7-17(14)22(19)16-6-4-5-15(20)11-16/h4-6,11,14,17H,7-10,12-13H2,1-3H3/t14-,17+/m1/s1. The third kappa shape index (κ3) is 3.27. The summed E-state index contributed by atoms with van der Waals surface area (Å²) in [5.41, 5.74) is 0.918. The highest BCUT2D eigenvalue weighted by atomic mass is 19.1. The van der Waals surface area contributed by atoms with Crippen LogP contribution in [0, 0.1) is 11.7 Å². The van der Waals surface area contributed by atoms with E-state index in [1.807, 2.05) is 11.0 Å². The van der Waals surface area contributed by atoms with Gasteiger partial charge in [0.1, 0.15) is 5.82 Å². The van der Waals surface area contributed by atoms with E-state index in [0.717, 1.165) is 31.6 Å². The number of carbonyl (C=O) groups is 1. The van der Waals surface area contributed by atoms with Gasteiger partial charge in [-0.05, 0) is 50.8 Å². The predicted molar refractivity (Wildman–Crippen MR) is 92.5 cm³/mol. The number of ether oxygens (including phenoxy) is 1. The molecule has 0 radical (unpaired) electrons. The fourth-order valence-electron chi connectivity index (χ4n) is 4.49. The highest BCUT2D eigenvalue weighted by molar-refractivity contribution is 5.76. The second kappa shape index (κ2) is 6.71. The Labute approximate surface area is 143 Å². The van der Waals surface area contributed by atoms with Crippen LogP contribution in [-0.2, 0) is 9.53 Å². The number of halogens is 1. The summed E-state index contributed by atoms with van der Waals surface area (Å²) in [7, 11) is 1.62. The molecule has 2 saturated heterocycles. The molecule has 0 bridgehead atoms. The summed E-state index contributed by atoms with van der Waals surface area (Å²) in [5, 5.41) is 0. The van der Waals surface area contributed by atoms with Crippen LogP contribution >= 0.6 is 0 Å². The van der Waals surface area contributed by atoms with E-state index in [2.05, 4.69) is 18.7 Å². The van der Waals surface area contributed by atoms with Gasteiger partial charge in [0.25, 0.3) is 0 Å². The molecule has 0 saturated carbocycles. The summed E-state index contributed by atoms with van der Waals surface area (Å²) < 4.78 is 18.7. The van der Waals surface area contributed by atoms with Crippen molar-refractivity contribution in [2.75, 3.05) is 31.7 Å². The molecule has 0 unspecified atom stereocenters.